The molecule has 0 saturated carbocycles. The average molecular weight is 211 g/mol. The first-order valence-electron chi connectivity index (χ1n) is 4.78. The minimum Gasteiger partial charge on any atom is -0.492 e. The van der Waals surface area contributed by atoms with E-state index in [-0.39, 0.29) is 0 Å². The quantitative estimate of drug-likeness (QED) is 0.730. The summed E-state index contributed by atoms with van der Waals surface area (Å²) in [6, 6.07) is 8.09. The average Bonchev–Trinajstić information content (AvgIpc) is 2.21. The minimum absolute atomic E-state index is 0.670. The molecule has 1 rings (SSSR count). The van der Waals surface area contributed by atoms with Crippen LogP contribution in [0.15, 0.2) is 24.3 Å². The van der Waals surface area contributed by atoms with Crippen molar-refractivity contribution < 1.29 is 4.74 Å². The Labute approximate surface area is 89.8 Å². The maximum atomic E-state index is 5.65. The zero-order chi connectivity index (χ0) is 10.2. The fourth-order valence-electron chi connectivity index (χ4n) is 1.24. The van der Waals surface area contributed by atoms with Crippen LogP contribution in [0.5, 0.6) is 5.75 Å². The zero-order valence-corrected chi connectivity index (χ0v) is 9.35. The van der Waals surface area contributed by atoms with E-state index < -0.39 is 0 Å². The third-order valence-electron chi connectivity index (χ3n) is 1.93. The van der Waals surface area contributed by atoms with Crippen LogP contribution in [0, 0.1) is 0 Å². The smallest absolute Gasteiger partial charge is 0.122 e. The van der Waals surface area contributed by atoms with Crippen LogP contribution in [0.4, 0.5) is 0 Å². The van der Waals surface area contributed by atoms with E-state index in [0.717, 1.165) is 24.5 Å². The van der Waals surface area contributed by atoms with Crippen molar-refractivity contribution in [2.45, 2.75) is 6.42 Å². The van der Waals surface area contributed by atoms with Crippen molar-refractivity contribution in [1.29, 1.82) is 0 Å². The second-order valence-corrected chi connectivity index (χ2v) is 3.97. The third-order valence-corrected chi connectivity index (χ3v) is 2.51. The number of benzene rings is 1. The van der Waals surface area contributed by atoms with E-state index in [4.69, 9.17) is 10.5 Å². The molecule has 0 amide bonds. The Kier molecular flexibility index (Phi) is 5.49. The van der Waals surface area contributed by atoms with Gasteiger partial charge in [0.2, 0.25) is 0 Å². The van der Waals surface area contributed by atoms with Crippen molar-refractivity contribution >= 4 is 11.8 Å². The first-order chi connectivity index (χ1) is 6.88. The molecule has 2 nitrogen and oxygen atoms in total. The molecule has 0 aliphatic heterocycles. The standard InChI is InChI=1S/C11H17NOS/c1-14-9-8-13-11-5-3-2-4-10(11)6-7-12/h2-5H,6-9,12H2,1H3. The molecule has 1 aromatic rings. The predicted octanol–water partition coefficient (Wildman–Crippen LogP) is 1.93. The molecule has 78 valence electrons. The van der Waals surface area contributed by atoms with Crippen molar-refractivity contribution in [2.75, 3.05) is 25.2 Å². The molecule has 0 aliphatic rings. The van der Waals surface area contributed by atoms with E-state index in [1.54, 1.807) is 11.8 Å². The molecule has 0 atom stereocenters. The number of thioether (sulfide) groups is 1. The van der Waals surface area contributed by atoms with Crippen LogP contribution < -0.4 is 10.5 Å². The molecule has 0 fully saturated rings. The molecule has 1 aromatic carbocycles. The van der Waals surface area contributed by atoms with Gasteiger partial charge in [-0.2, -0.15) is 11.8 Å². The minimum atomic E-state index is 0.670. The second-order valence-electron chi connectivity index (χ2n) is 2.99. The van der Waals surface area contributed by atoms with Crippen LogP contribution in [0.2, 0.25) is 0 Å². The van der Waals surface area contributed by atoms with Crippen molar-refractivity contribution in [3.63, 3.8) is 0 Å². The first kappa shape index (κ1) is 11.4. The Morgan fingerprint density at radius 1 is 1.36 bits per heavy atom. The van der Waals surface area contributed by atoms with Gasteiger partial charge in [-0.15, -0.1) is 0 Å². The number of hydrogen-bond acceptors (Lipinski definition) is 3. The number of ether oxygens (including phenoxy) is 1. The van der Waals surface area contributed by atoms with Gasteiger partial charge in [0.1, 0.15) is 5.75 Å². The number of para-hydroxylation sites is 1. The fraction of sp³-hybridized carbons (Fsp3) is 0.455. The lowest BCUT2D eigenvalue weighted by molar-refractivity contribution is 0.340. The Bertz CT molecular complexity index is 265. The molecule has 0 unspecified atom stereocenters. The molecule has 2 N–H and O–H groups in total. The van der Waals surface area contributed by atoms with E-state index in [0.29, 0.717) is 6.54 Å². The highest BCUT2D eigenvalue weighted by molar-refractivity contribution is 7.98. The largest absolute Gasteiger partial charge is 0.492 e. The second kappa shape index (κ2) is 6.74. The van der Waals surface area contributed by atoms with Crippen LogP contribution in [0.3, 0.4) is 0 Å². The van der Waals surface area contributed by atoms with Gasteiger partial charge in [0.15, 0.2) is 0 Å². The number of rotatable bonds is 6. The Hall–Kier alpha value is -0.670. The van der Waals surface area contributed by atoms with E-state index >= 15 is 0 Å². The molecule has 3 heteroatoms. The summed E-state index contributed by atoms with van der Waals surface area (Å²) in [5, 5.41) is 0. The molecular weight excluding hydrogens is 194 g/mol. The normalized spacial score (nSPS) is 10.1. The van der Waals surface area contributed by atoms with Gasteiger partial charge in [0.05, 0.1) is 6.61 Å². The molecule has 0 aromatic heterocycles. The van der Waals surface area contributed by atoms with Crippen molar-refractivity contribution in [3.8, 4) is 5.75 Å². The lowest BCUT2D eigenvalue weighted by Crippen LogP contribution is -2.06. The van der Waals surface area contributed by atoms with Gasteiger partial charge >= 0.3 is 0 Å². The van der Waals surface area contributed by atoms with Crippen molar-refractivity contribution in [2.24, 2.45) is 5.73 Å². The molecule has 0 saturated heterocycles. The summed E-state index contributed by atoms with van der Waals surface area (Å²) < 4.78 is 5.65. The van der Waals surface area contributed by atoms with Gasteiger partial charge in [-0.3, -0.25) is 0 Å². The van der Waals surface area contributed by atoms with Crippen LogP contribution in [-0.4, -0.2) is 25.2 Å². The van der Waals surface area contributed by atoms with Gasteiger partial charge in [0.25, 0.3) is 0 Å². The Morgan fingerprint density at radius 2 is 2.14 bits per heavy atom. The zero-order valence-electron chi connectivity index (χ0n) is 8.53. The summed E-state index contributed by atoms with van der Waals surface area (Å²) in [4.78, 5) is 0. The van der Waals surface area contributed by atoms with Gasteiger partial charge in [-0.25, -0.2) is 0 Å². The maximum Gasteiger partial charge on any atom is 0.122 e. The van der Waals surface area contributed by atoms with Gasteiger partial charge in [-0.05, 0) is 30.9 Å². The predicted molar refractivity (Wildman–Crippen MR) is 63.1 cm³/mol. The van der Waals surface area contributed by atoms with E-state index in [1.807, 2.05) is 18.2 Å². The molecule has 0 heterocycles. The SMILES string of the molecule is CSCCOc1ccccc1CCN. The molecule has 14 heavy (non-hydrogen) atoms. The van der Waals surface area contributed by atoms with Gasteiger partial charge in [-0.1, -0.05) is 18.2 Å². The monoisotopic (exact) mass is 211 g/mol. The summed E-state index contributed by atoms with van der Waals surface area (Å²) in [7, 11) is 0. The summed E-state index contributed by atoms with van der Waals surface area (Å²) in [6.07, 6.45) is 2.96. The highest BCUT2D eigenvalue weighted by atomic mass is 32.2. The third kappa shape index (κ3) is 3.60. The molecule has 0 bridgehead atoms. The number of nitrogens with two attached hydrogens (primary N) is 1. The van der Waals surface area contributed by atoms with Crippen LogP contribution >= 0.6 is 11.8 Å². The van der Waals surface area contributed by atoms with Crippen molar-refractivity contribution in [3.05, 3.63) is 29.8 Å². The summed E-state index contributed by atoms with van der Waals surface area (Å²) in [5.74, 6) is 2.00. The van der Waals surface area contributed by atoms with E-state index in [2.05, 4.69) is 12.3 Å². The fourth-order valence-corrected chi connectivity index (χ4v) is 1.49. The van der Waals surface area contributed by atoms with E-state index in [1.165, 1.54) is 5.56 Å². The Morgan fingerprint density at radius 3 is 2.86 bits per heavy atom. The van der Waals surface area contributed by atoms with Crippen LogP contribution in [0.25, 0.3) is 0 Å². The molecular formula is C11H17NOS. The lowest BCUT2D eigenvalue weighted by Gasteiger charge is -2.09. The first-order valence-corrected chi connectivity index (χ1v) is 6.17. The topological polar surface area (TPSA) is 35.2 Å². The summed E-state index contributed by atoms with van der Waals surface area (Å²) >= 11 is 1.79. The highest BCUT2D eigenvalue weighted by Gasteiger charge is 2.00. The summed E-state index contributed by atoms with van der Waals surface area (Å²) in [6.45, 7) is 1.44. The van der Waals surface area contributed by atoms with Crippen LogP contribution in [0.1, 0.15) is 5.56 Å². The molecule has 0 aliphatic carbocycles. The maximum absolute atomic E-state index is 5.65. The van der Waals surface area contributed by atoms with E-state index in [9.17, 15) is 0 Å². The van der Waals surface area contributed by atoms with Gasteiger partial charge < -0.3 is 10.5 Å². The lowest BCUT2D eigenvalue weighted by atomic mass is 10.1. The molecule has 0 radical (unpaired) electrons. The summed E-state index contributed by atoms with van der Waals surface area (Å²) in [5.41, 5.74) is 6.73. The molecule has 0 spiro atoms. The van der Waals surface area contributed by atoms with Gasteiger partial charge in [0, 0.05) is 5.75 Å². The number of hydrogen-bond donors (Lipinski definition) is 1. The Balaban J connectivity index is 2.55. The van der Waals surface area contributed by atoms with Crippen LogP contribution in [-0.2, 0) is 6.42 Å². The highest BCUT2D eigenvalue weighted by Crippen LogP contribution is 2.18. The van der Waals surface area contributed by atoms with Crippen molar-refractivity contribution in [1.82, 2.24) is 0 Å².